The summed E-state index contributed by atoms with van der Waals surface area (Å²) in [5.41, 5.74) is 0. The van der Waals surface area contributed by atoms with Crippen molar-refractivity contribution in [3.63, 3.8) is 0 Å². The monoisotopic (exact) mass is 870 g/mol. The maximum absolute atomic E-state index is 12.7. The van der Waals surface area contributed by atoms with Crippen LogP contribution in [-0.2, 0) is 27.9 Å². The number of allylic oxidation sites excluding steroid dienone is 4. The van der Waals surface area contributed by atoms with E-state index in [0.29, 0.717) is 24.1 Å². The van der Waals surface area contributed by atoms with Crippen molar-refractivity contribution in [2.45, 2.75) is 245 Å². The number of hydrogen-bond donors (Lipinski definition) is 0. The highest BCUT2D eigenvalue weighted by Gasteiger charge is 2.20. The average molecular weight is 870 g/mol. The van der Waals surface area contributed by atoms with Gasteiger partial charge < -0.3 is 27.9 Å². The van der Waals surface area contributed by atoms with Crippen LogP contribution in [0.5, 0.6) is 0 Å². The molecule has 0 aromatic heterocycles. The lowest BCUT2D eigenvalue weighted by molar-refractivity contribution is -0.870. The van der Waals surface area contributed by atoms with Crippen LogP contribution >= 0.6 is 7.82 Å². The van der Waals surface area contributed by atoms with E-state index in [4.69, 9.17) is 18.5 Å². The van der Waals surface area contributed by atoms with Gasteiger partial charge in [0, 0.05) is 13.0 Å². The molecule has 0 rings (SSSR count). The number of rotatable bonds is 48. The first-order valence-corrected chi connectivity index (χ1v) is 27.0. The van der Waals surface area contributed by atoms with Crippen molar-refractivity contribution < 1.29 is 37.3 Å². The van der Waals surface area contributed by atoms with Crippen LogP contribution in [-0.4, -0.2) is 70.7 Å². The number of likely N-dealkylation sites (N-methyl/N-ethyl adjacent to an activating group) is 1. The van der Waals surface area contributed by atoms with Gasteiger partial charge in [-0.05, 0) is 44.9 Å². The average Bonchev–Trinajstić information content (AvgIpc) is 3.20. The number of quaternary nitrogens is 1. The quantitative estimate of drug-likeness (QED) is 0.0198. The van der Waals surface area contributed by atoms with Crippen LogP contribution in [0.2, 0.25) is 0 Å². The Kier molecular flexibility index (Phi) is 43.8. The molecule has 0 spiro atoms. The Bertz CT molecular complexity index is 1010. The topological polar surface area (TPSA) is 94.1 Å². The SMILES string of the molecule is CCCCCCC/C=C\C/C=C\CCCCCCCCCCCCCCCCOCC(COP(=O)([O-])OCC[N+](C)(C)C)OC(=O)CCCCCCCCCCCCCC. The van der Waals surface area contributed by atoms with Gasteiger partial charge in [-0.25, -0.2) is 0 Å². The fourth-order valence-electron chi connectivity index (χ4n) is 7.28. The lowest BCUT2D eigenvalue weighted by atomic mass is 10.0. The summed E-state index contributed by atoms with van der Waals surface area (Å²) in [4.78, 5) is 25.1. The minimum absolute atomic E-state index is 0.0288. The molecule has 9 heteroatoms. The molecule has 0 N–H and O–H groups in total. The summed E-state index contributed by atoms with van der Waals surface area (Å²) in [6, 6.07) is 0. The molecule has 0 radical (unpaired) electrons. The minimum atomic E-state index is -4.52. The number of phosphoric ester groups is 1. The van der Waals surface area contributed by atoms with Gasteiger partial charge in [-0.2, -0.15) is 0 Å². The summed E-state index contributed by atoms with van der Waals surface area (Å²) in [6.45, 7) is 5.44. The second-order valence-electron chi connectivity index (χ2n) is 18.5. The van der Waals surface area contributed by atoms with E-state index >= 15 is 0 Å². The van der Waals surface area contributed by atoms with Crippen LogP contribution in [0, 0.1) is 0 Å². The second-order valence-corrected chi connectivity index (χ2v) is 19.9. The van der Waals surface area contributed by atoms with E-state index < -0.39 is 13.9 Å². The molecule has 0 aromatic carbocycles. The van der Waals surface area contributed by atoms with Crippen LogP contribution in [0.1, 0.15) is 239 Å². The molecule has 2 unspecified atom stereocenters. The van der Waals surface area contributed by atoms with Crippen molar-refractivity contribution >= 4 is 13.8 Å². The first kappa shape index (κ1) is 59.0. The highest BCUT2D eigenvalue weighted by molar-refractivity contribution is 7.45. The van der Waals surface area contributed by atoms with E-state index in [1.54, 1.807) is 0 Å². The van der Waals surface area contributed by atoms with E-state index in [9.17, 15) is 14.3 Å². The molecule has 60 heavy (non-hydrogen) atoms. The first-order chi connectivity index (χ1) is 29.1. The van der Waals surface area contributed by atoms with Crippen LogP contribution in [0.25, 0.3) is 0 Å². The van der Waals surface area contributed by atoms with Crippen molar-refractivity contribution in [3.8, 4) is 0 Å². The zero-order valence-corrected chi connectivity index (χ0v) is 41.3. The largest absolute Gasteiger partial charge is 0.756 e. The molecule has 356 valence electrons. The fraction of sp³-hybridized carbons (Fsp3) is 0.902. The smallest absolute Gasteiger partial charge is 0.306 e. The molecule has 2 atom stereocenters. The van der Waals surface area contributed by atoms with Gasteiger partial charge in [-0.1, -0.05) is 212 Å². The number of ether oxygens (including phenoxy) is 2. The van der Waals surface area contributed by atoms with Crippen molar-refractivity contribution in [1.82, 2.24) is 0 Å². The van der Waals surface area contributed by atoms with E-state index in [2.05, 4.69) is 38.2 Å². The standard InChI is InChI=1S/C51H100NO7P/c1-6-8-10-12-14-16-18-20-21-22-23-24-25-26-27-28-29-30-31-32-33-35-37-39-41-43-46-56-48-50(49-58-60(54,55)57-47-45-52(3,4)5)59-51(53)44-42-40-38-36-34-19-17-15-13-11-9-7-2/h18,20,22-23,50H,6-17,19,21,24-49H2,1-5H3/b20-18-,23-22-. The molecular weight excluding hydrogens is 770 g/mol. The maximum atomic E-state index is 12.7. The van der Waals surface area contributed by atoms with Crippen LogP contribution < -0.4 is 4.89 Å². The molecule has 0 bridgehead atoms. The highest BCUT2D eigenvalue weighted by atomic mass is 31.2. The van der Waals surface area contributed by atoms with Gasteiger partial charge in [0.1, 0.15) is 19.3 Å². The molecule has 0 aliphatic rings. The number of carbonyl (C=O) groups is 1. The normalized spacial score (nSPS) is 13.8. The van der Waals surface area contributed by atoms with Gasteiger partial charge in [-0.3, -0.25) is 9.36 Å². The number of nitrogens with zero attached hydrogens (tertiary/aromatic N) is 1. The first-order valence-electron chi connectivity index (χ1n) is 25.6. The number of carbonyl (C=O) groups excluding carboxylic acids is 1. The summed E-state index contributed by atoms with van der Waals surface area (Å²) in [7, 11) is 1.37. The van der Waals surface area contributed by atoms with Gasteiger partial charge in [0.2, 0.25) is 0 Å². The molecular formula is C51H100NO7P. The number of phosphoric acid groups is 1. The summed E-state index contributed by atoms with van der Waals surface area (Å²) in [6.07, 6.45) is 52.1. The van der Waals surface area contributed by atoms with Crippen molar-refractivity contribution in [2.24, 2.45) is 0 Å². The summed E-state index contributed by atoms with van der Waals surface area (Å²) < 4.78 is 34.7. The lowest BCUT2D eigenvalue weighted by Gasteiger charge is -2.28. The molecule has 0 aromatic rings. The Hall–Kier alpha value is -1.02. The van der Waals surface area contributed by atoms with Crippen molar-refractivity contribution in [1.29, 1.82) is 0 Å². The lowest BCUT2D eigenvalue weighted by Crippen LogP contribution is -2.37. The number of esters is 1. The van der Waals surface area contributed by atoms with Gasteiger partial charge in [0.25, 0.3) is 7.82 Å². The minimum Gasteiger partial charge on any atom is -0.756 e. The Labute approximate surface area is 373 Å². The fourth-order valence-corrected chi connectivity index (χ4v) is 8.01. The van der Waals surface area contributed by atoms with Gasteiger partial charge in [0.15, 0.2) is 0 Å². The Balaban J connectivity index is 4.01. The number of hydrogen-bond acceptors (Lipinski definition) is 7. The molecule has 0 aliphatic heterocycles. The molecule has 0 amide bonds. The van der Waals surface area contributed by atoms with Crippen molar-refractivity contribution in [3.05, 3.63) is 24.3 Å². The van der Waals surface area contributed by atoms with Crippen LogP contribution in [0.15, 0.2) is 24.3 Å². The van der Waals surface area contributed by atoms with Gasteiger partial charge >= 0.3 is 5.97 Å². The third-order valence-corrected chi connectivity index (χ3v) is 12.2. The predicted molar refractivity (Wildman–Crippen MR) is 254 cm³/mol. The Morgan fingerprint density at radius 1 is 0.517 bits per heavy atom. The van der Waals surface area contributed by atoms with Crippen molar-refractivity contribution in [2.75, 3.05) is 54.1 Å². The molecule has 0 heterocycles. The van der Waals surface area contributed by atoms with Crippen LogP contribution in [0.3, 0.4) is 0 Å². The van der Waals surface area contributed by atoms with Gasteiger partial charge in [0.05, 0.1) is 34.4 Å². The molecule has 0 aliphatic carbocycles. The Morgan fingerprint density at radius 3 is 1.35 bits per heavy atom. The molecule has 8 nitrogen and oxygen atoms in total. The highest BCUT2D eigenvalue weighted by Crippen LogP contribution is 2.38. The maximum Gasteiger partial charge on any atom is 0.306 e. The summed E-state index contributed by atoms with van der Waals surface area (Å²) >= 11 is 0. The third-order valence-electron chi connectivity index (χ3n) is 11.3. The zero-order chi connectivity index (χ0) is 44.1. The number of unbranched alkanes of at least 4 members (excludes halogenated alkanes) is 30. The van der Waals surface area contributed by atoms with E-state index in [1.165, 1.54) is 180 Å². The molecule has 0 saturated carbocycles. The molecule has 0 saturated heterocycles. The van der Waals surface area contributed by atoms with E-state index in [1.807, 2.05) is 21.1 Å². The Morgan fingerprint density at radius 2 is 0.917 bits per heavy atom. The van der Waals surface area contributed by atoms with E-state index in [0.717, 1.165) is 38.5 Å². The molecule has 0 fully saturated rings. The second kappa shape index (κ2) is 44.6. The summed E-state index contributed by atoms with van der Waals surface area (Å²) in [5, 5.41) is 0. The summed E-state index contributed by atoms with van der Waals surface area (Å²) in [5.74, 6) is -0.331. The van der Waals surface area contributed by atoms with Gasteiger partial charge in [-0.15, -0.1) is 0 Å². The zero-order valence-electron chi connectivity index (χ0n) is 40.4. The predicted octanol–water partition coefficient (Wildman–Crippen LogP) is 14.9. The third kappa shape index (κ3) is 48.0. The van der Waals surface area contributed by atoms with E-state index in [-0.39, 0.29) is 25.8 Å². The van der Waals surface area contributed by atoms with Crippen LogP contribution in [0.4, 0.5) is 0 Å².